The molecule has 1 aromatic carbocycles. The van der Waals surface area contributed by atoms with E-state index in [1.54, 1.807) is 7.11 Å². The zero-order valence-corrected chi connectivity index (χ0v) is 14.6. The monoisotopic (exact) mass is 346 g/mol. The standard InChI is InChI=1S/C16H23ClN2O2.ClH/c1-16(9-3-10-18-16)15(20)19-14(8-11-21-2)12-4-6-13(17)7-5-12;/h4-7,14,18H,3,8-11H2,1-2H3,(H,19,20);1H. The number of carbonyl (C=O) groups excluding carboxylic acids is 1. The van der Waals surface area contributed by atoms with Crippen molar-refractivity contribution in [3.8, 4) is 0 Å². The molecule has 1 aromatic rings. The molecule has 0 aliphatic carbocycles. The summed E-state index contributed by atoms with van der Waals surface area (Å²) in [6.45, 7) is 3.45. The maximum atomic E-state index is 12.5. The Kier molecular flexibility index (Phi) is 7.63. The number of rotatable bonds is 6. The molecule has 2 N–H and O–H groups in total. The Bertz CT molecular complexity index is 474. The van der Waals surface area contributed by atoms with Gasteiger partial charge in [-0.25, -0.2) is 0 Å². The van der Waals surface area contributed by atoms with Crippen LogP contribution in [0.3, 0.4) is 0 Å². The van der Waals surface area contributed by atoms with Gasteiger partial charge < -0.3 is 15.4 Å². The van der Waals surface area contributed by atoms with Crippen molar-refractivity contribution in [2.45, 2.75) is 37.8 Å². The quantitative estimate of drug-likeness (QED) is 0.831. The maximum Gasteiger partial charge on any atom is 0.240 e. The average Bonchev–Trinajstić information content (AvgIpc) is 2.92. The zero-order chi connectivity index (χ0) is 15.3. The number of halogens is 2. The SMILES string of the molecule is COCCC(NC(=O)C1(C)CCCN1)c1ccc(Cl)cc1.Cl. The Morgan fingerprint density at radius 1 is 1.45 bits per heavy atom. The first-order valence-electron chi connectivity index (χ1n) is 7.35. The van der Waals surface area contributed by atoms with Gasteiger partial charge in [-0.15, -0.1) is 12.4 Å². The number of nitrogens with one attached hydrogen (secondary N) is 2. The molecule has 4 nitrogen and oxygen atoms in total. The number of amides is 1. The first kappa shape index (κ1) is 19.2. The molecule has 0 radical (unpaired) electrons. The van der Waals surface area contributed by atoms with Gasteiger partial charge in [-0.1, -0.05) is 23.7 Å². The lowest BCUT2D eigenvalue weighted by molar-refractivity contribution is -0.127. The number of ether oxygens (including phenoxy) is 1. The van der Waals surface area contributed by atoms with Gasteiger partial charge in [0, 0.05) is 18.7 Å². The van der Waals surface area contributed by atoms with E-state index in [1.807, 2.05) is 31.2 Å². The van der Waals surface area contributed by atoms with Crippen molar-refractivity contribution in [3.63, 3.8) is 0 Å². The van der Waals surface area contributed by atoms with Crippen LogP contribution in [-0.2, 0) is 9.53 Å². The van der Waals surface area contributed by atoms with E-state index in [0.29, 0.717) is 11.6 Å². The molecule has 2 atom stereocenters. The second kappa shape index (κ2) is 8.73. The van der Waals surface area contributed by atoms with Crippen molar-refractivity contribution < 1.29 is 9.53 Å². The van der Waals surface area contributed by atoms with E-state index in [9.17, 15) is 4.79 Å². The van der Waals surface area contributed by atoms with E-state index in [0.717, 1.165) is 31.4 Å². The highest BCUT2D eigenvalue weighted by Gasteiger charge is 2.36. The van der Waals surface area contributed by atoms with Gasteiger partial charge in [0.25, 0.3) is 0 Å². The van der Waals surface area contributed by atoms with Gasteiger partial charge in [-0.05, 0) is 50.4 Å². The minimum absolute atomic E-state index is 0. The van der Waals surface area contributed by atoms with Gasteiger partial charge in [0.2, 0.25) is 5.91 Å². The lowest BCUT2D eigenvalue weighted by atomic mass is 9.97. The molecule has 1 heterocycles. The fourth-order valence-electron chi connectivity index (χ4n) is 2.66. The Labute approximate surface area is 143 Å². The average molecular weight is 347 g/mol. The van der Waals surface area contributed by atoms with E-state index >= 15 is 0 Å². The summed E-state index contributed by atoms with van der Waals surface area (Å²) in [5.74, 6) is 0.0519. The molecule has 22 heavy (non-hydrogen) atoms. The van der Waals surface area contributed by atoms with E-state index in [2.05, 4.69) is 10.6 Å². The molecule has 0 bridgehead atoms. The van der Waals surface area contributed by atoms with Crippen LogP contribution < -0.4 is 10.6 Å². The summed E-state index contributed by atoms with van der Waals surface area (Å²) in [5.41, 5.74) is 0.587. The van der Waals surface area contributed by atoms with Crippen LogP contribution in [0.5, 0.6) is 0 Å². The summed E-state index contributed by atoms with van der Waals surface area (Å²) < 4.78 is 5.16. The Morgan fingerprint density at radius 2 is 2.14 bits per heavy atom. The van der Waals surface area contributed by atoms with Crippen LogP contribution in [0.25, 0.3) is 0 Å². The Morgan fingerprint density at radius 3 is 2.68 bits per heavy atom. The molecular formula is C16H24Cl2N2O2. The summed E-state index contributed by atoms with van der Waals surface area (Å²) in [6.07, 6.45) is 2.64. The second-order valence-corrected chi connectivity index (χ2v) is 6.16. The van der Waals surface area contributed by atoms with Crippen LogP contribution in [0.2, 0.25) is 5.02 Å². The summed E-state index contributed by atoms with van der Waals surface area (Å²) in [4.78, 5) is 12.5. The molecule has 1 amide bonds. The molecule has 1 aliphatic heterocycles. The molecule has 0 aromatic heterocycles. The van der Waals surface area contributed by atoms with Gasteiger partial charge >= 0.3 is 0 Å². The molecule has 1 saturated heterocycles. The maximum absolute atomic E-state index is 12.5. The smallest absolute Gasteiger partial charge is 0.240 e. The van der Waals surface area contributed by atoms with E-state index in [1.165, 1.54) is 0 Å². The number of hydrogen-bond donors (Lipinski definition) is 2. The first-order chi connectivity index (χ1) is 10.0. The highest BCUT2D eigenvalue weighted by Crippen LogP contribution is 2.23. The molecule has 2 unspecified atom stereocenters. The molecule has 6 heteroatoms. The highest BCUT2D eigenvalue weighted by atomic mass is 35.5. The van der Waals surface area contributed by atoms with Crippen LogP contribution in [-0.4, -0.2) is 31.7 Å². The van der Waals surface area contributed by atoms with Gasteiger partial charge in [-0.2, -0.15) is 0 Å². The third kappa shape index (κ3) is 4.85. The van der Waals surface area contributed by atoms with E-state index in [4.69, 9.17) is 16.3 Å². The summed E-state index contributed by atoms with van der Waals surface area (Å²) in [5, 5.41) is 7.13. The number of hydrogen-bond acceptors (Lipinski definition) is 3. The molecule has 0 spiro atoms. The van der Waals surface area contributed by atoms with Crippen LogP contribution in [0.4, 0.5) is 0 Å². The highest BCUT2D eigenvalue weighted by molar-refractivity contribution is 6.30. The molecule has 1 aliphatic rings. The topological polar surface area (TPSA) is 50.4 Å². The summed E-state index contributed by atoms with van der Waals surface area (Å²) >= 11 is 5.93. The van der Waals surface area contributed by atoms with Gasteiger partial charge in [-0.3, -0.25) is 4.79 Å². The number of methoxy groups -OCH3 is 1. The number of carbonyl (C=O) groups is 1. The van der Waals surface area contributed by atoms with Crippen molar-refractivity contribution in [1.82, 2.24) is 10.6 Å². The normalized spacial score (nSPS) is 22.0. The lowest BCUT2D eigenvalue weighted by Crippen LogP contribution is -2.52. The largest absolute Gasteiger partial charge is 0.385 e. The molecule has 1 fully saturated rings. The van der Waals surface area contributed by atoms with Gasteiger partial charge in [0.15, 0.2) is 0 Å². The minimum atomic E-state index is -0.461. The third-order valence-corrected chi connectivity index (χ3v) is 4.31. The van der Waals surface area contributed by atoms with E-state index in [-0.39, 0.29) is 24.4 Å². The fraction of sp³-hybridized carbons (Fsp3) is 0.562. The molecular weight excluding hydrogens is 323 g/mol. The molecule has 2 rings (SSSR count). The van der Waals surface area contributed by atoms with Gasteiger partial charge in [0.05, 0.1) is 11.6 Å². The van der Waals surface area contributed by atoms with E-state index < -0.39 is 5.54 Å². The van der Waals surface area contributed by atoms with Crippen molar-refractivity contribution in [1.29, 1.82) is 0 Å². The van der Waals surface area contributed by atoms with Crippen LogP contribution >= 0.6 is 24.0 Å². The van der Waals surface area contributed by atoms with Crippen molar-refractivity contribution >= 4 is 29.9 Å². The lowest BCUT2D eigenvalue weighted by Gasteiger charge is -2.27. The second-order valence-electron chi connectivity index (χ2n) is 5.72. The number of benzene rings is 1. The summed E-state index contributed by atoms with van der Waals surface area (Å²) in [6, 6.07) is 7.53. The fourth-order valence-corrected chi connectivity index (χ4v) is 2.78. The van der Waals surface area contributed by atoms with Crippen LogP contribution in [0.1, 0.15) is 37.8 Å². The van der Waals surface area contributed by atoms with Crippen molar-refractivity contribution in [3.05, 3.63) is 34.9 Å². The zero-order valence-electron chi connectivity index (χ0n) is 13.0. The van der Waals surface area contributed by atoms with Crippen molar-refractivity contribution in [2.75, 3.05) is 20.3 Å². The van der Waals surface area contributed by atoms with Crippen LogP contribution in [0, 0.1) is 0 Å². The predicted molar refractivity (Wildman–Crippen MR) is 91.7 cm³/mol. The summed E-state index contributed by atoms with van der Waals surface area (Å²) in [7, 11) is 1.67. The first-order valence-corrected chi connectivity index (χ1v) is 7.73. The van der Waals surface area contributed by atoms with Crippen molar-refractivity contribution in [2.24, 2.45) is 0 Å². The van der Waals surface area contributed by atoms with Crippen LogP contribution in [0.15, 0.2) is 24.3 Å². The third-order valence-electron chi connectivity index (χ3n) is 4.06. The Hall–Kier alpha value is -0.810. The van der Waals surface area contributed by atoms with Gasteiger partial charge in [0.1, 0.15) is 0 Å². The Balaban J connectivity index is 0.00000242. The predicted octanol–water partition coefficient (Wildman–Crippen LogP) is 3.10. The minimum Gasteiger partial charge on any atom is -0.385 e. The molecule has 124 valence electrons. The molecule has 0 saturated carbocycles.